The number of ether oxygens (including phenoxy) is 1. The second-order valence-electron chi connectivity index (χ2n) is 6.42. The number of nitrogens with zero attached hydrogens (tertiary/aromatic N) is 1. The van der Waals surface area contributed by atoms with Gasteiger partial charge in [-0.15, -0.1) is 0 Å². The van der Waals surface area contributed by atoms with Gasteiger partial charge >= 0.3 is 0 Å². The zero-order valence-electron chi connectivity index (χ0n) is 14.9. The van der Waals surface area contributed by atoms with E-state index in [9.17, 15) is 4.79 Å². The average molecular weight is 380 g/mol. The monoisotopic (exact) mass is 379 g/mol. The molecule has 0 spiro atoms. The molecule has 0 aliphatic carbocycles. The summed E-state index contributed by atoms with van der Waals surface area (Å²) in [6.07, 6.45) is 0. The van der Waals surface area contributed by atoms with E-state index in [2.05, 4.69) is 0 Å². The largest absolute Gasteiger partial charge is 0.489 e. The fourth-order valence-corrected chi connectivity index (χ4v) is 3.27. The van der Waals surface area contributed by atoms with Crippen LogP contribution < -0.4 is 4.74 Å². The van der Waals surface area contributed by atoms with Crippen molar-refractivity contribution in [3.63, 3.8) is 0 Å². The van der Waals surface area contributed by atoms with Gasteiger partial charge in [0, 0.05) is 33.3 Å². The molecular weight excluding hydrogens is 357 g/mol. The minimum atomic E-state index is -0.00812. The van der Waals surface area contributed by atoms with Crippen LogP contribution in [0.1, 0.15) is 43.6 Å². The molecule has 0 bridgehead atoms. The van der Waals surface area contributed by atoms with Crippen LogP contribution in [-0.2, 0) is 6.61 Å². The summed E-state index contributed by atoms with van der Waals surface area (Å²) in [5.41, 5.74) is 1.33. The molecule has 0 saturated carbocycles. The molecule has 0 saturated heterocycles. The van der Waals surface area contributed by atoms with E-state index in [1.165, 1.54) is 0 Å². The molecule has 2 aromatic carbocycles. The van der Waals surface area contributed by atoms with E-state index < -0.39 is 0 Å². The number of carbonyl (C=O) groups excluding carboxylic acids is 1. The number of halogens is 2. The molecule has 0 N–H and O–H groups in total. The van der Waals surface area contributed by atoms with E-state index in [1.54, 1.807) is 30.3 Å². The Balaban J connectivity index is 2.17. The lowest BCUT2D eigenvalue weighted by molar-refractivity contribution is 0.0643. The first kappa shape index (κ1) is 19.6. The van der Waals surface area contributed by atoms with Crippen LogP contribution in [0, 0.1) is 0 Å². The minimum Gasteiger partial charge on any atom is -0.489 e. The molecule has 0 unspecified atom stereocenters. The normalized spacial score (nSPS) is 11.0. The Kier molecular flexibility index (Phi) is 6.74. The molecule has 25 heavy (non-hydrogen) atoms. The van der Waals surface area contributed by atoms with Crippen molar-refractivity contribution in [2.24, 2.45) is 0 Å². The van der Waals surface area contributed by atoms with Crippen molar-refractivity contribution in [2.45, 2.75) is 46.4 Å². The van der Waals surface area contributed by atoms with Crippen molar-refractivity contribution in [2.75, 3.05) is 0 Å². The summed E-state index contributed by atoms with van der Waals surface area (Å²) in [5, 5.41) is 1.12. The molecule has 1 amide bonds. The molecule has 0 atom stereocenters. The standard InChI is InChI=1S/C20H23Cl2NO2/c1-13(2)23(14(3)4)20(24)15-7-5-8-16(11-15)25-12-17-18(21)9-6-10-19(17)22/h5-11,13-14H,12H2,1-4H3. The van der Waals surface area contributed by atoms with Crippen LogP contribution in [0.2, 0.25) is 10.0 Å². The molecule has 0 fully saturated rings. The van der Waals surface area contributed by atoms with Gasteiger partial charge in [0.05, 0.1) is 0 Å². The lowest BCUT2D eigenvalue weighted by Crippen LogP contribution is -2.42. The third kappa shape index (κ3) is 4.90. The summed E-state index contributed by atoms with van der Waals surface area (Å²) >= 11 is 12.3. The van der Waals surface area contributed by atoms with Crippen LogP contribution in [0.3, 0.4) is 0 Å². The first-order valence-electron chi connectivity index (χ1n) is 8.29. The first-order valence-corrected chi connectivity index (χ1v) is 9.05. The lowest BCUT2D eigenvalue weighted by atomic mass is 10.1. The molecule has 0 aliphatic rings. The van der Waals surface area contributed by atoms with Crippen molar-refractivity contribution in [1.82, 2.24) is 4.90 Å². The highest BCUT2D eigenvalue weighted by Gasteiger charge is 2.21. The lowest BCUT2D eigenvalue weighted by Gasteiger charge is -2.31. The van der Waals surface area contributed by atoms with Crippen LogP contribution >= 0.6 is 23.2 Å². The smallest absolute Gasteiger partial charge is 0.254 e. The van der Waals surface area contributed by atoms with E-state index in [1.807, 2.05) is 44.7 Å². The molecule has 134 valence electrons. The molecule has 0 aliphatic heterocycles. The number of carbonyl (C=O) groups is 1. The van der Waals surface area contributed by atoms with Gasteiger partial charge in [0.1, 0.15) is 12.4 Å². The Labute approximate surface area is 159 Å². The summed E-state index contributed by atoms with van der Waals surface area (Å²) in [6.45, 7) is 8.29. The zero-order chi connectivity index (χ0) is 18.6. The van der Waals surface area contributed by atoms with E-state index in [0.717, 1.165) is 5.56 Å². The van der Waals surface area contributed by atoms with Gasteiger partial charge in [-0.05, 0) is 58.0 Å². The second kappa shape index (κ2) is 8.59. The number of hydrogen-bond donors (Lipinski definition) is 0. The van der Waals surface area contributed by atoms with Gasteiger partial charge in [-0.1, -0.05) is 35.3 Å². The highest BCUT2D eigenvalue weighted by Crippen LogP contribution is 2.26. The zero-order valence-corrected chi connectivity index (χ0v) is 16.4. The van der Waals surface area contributed by atoms with Crippen LogP contribution in [0.15, 0.2) is 42.5 Å². The molecule has 5 heteroatoms. The van der Waals surface area contributed by atoms with Crippen LogP contribution in [-0.4, -0.2) is 22.9 Å². The summed E-state index contributed by atoms with van der Waals surface area (Å²) < 4.78 is 5.81. The molecule has 0 heterocycles. The first-order chi connectivity index (χ1) is 11.8. The van der Waals surface area contributed by atoms with Gasteiger partial charge in [0.15, 0.2) is 0 Å². The highest BCUT2D eigenvalue weighted by molar-refractivity contribution is 6.35. The van der Waals surface area contributed by atoms with E-state index in [-0.39, 0.29) is 24.6 Å². The molecular formula is C20H23Cl2NO2. The second-order valence-corrected chi connectivity index (χ2v) is 7.23. The fourth-order valence-electron chi connectivity index (χ4n) is 2.76. The van der Waals surface area contributed by atoms with Crippen LogP contribution in [0.5, 0.6) is 5.75 Å². The minimum absolute atomic E-state index is 0.00812. The van der Waals surface area contributed by atoms with Gasteiger partial charge < -0.3 is 9.64 Å². The fraction of sp³-hybridized carbons (Fsp3) is 0.350. The maximum absolute atomic E-state index is 12.8. The molecule has 2 rings (SSSR count). The van der Waals surface area contributed by atoms with E-state index >= 15 is 0 Å². The predicted octanol–water partition coefficient (Wildman–Crippen LogP) is 5.83. The quantitative estimate of drug-likeness (QED) is 0.631. The Hall–Kier alpha value is -1.71. The summed E-state index contributed by atoms with van der Waals surface area (Å²) in [6, 6.07) is 12.8. The van der Waals surface area contributed by atoms with Gasteiger partial charge in [0.2, 0.25) is 0 Å². The van der Waals surface area contributed by atoms with Gasteiger partial charge in [-0.25, -0.2) is 0 Å². The number of benzene rings is 2. The van der Waals surface area contributed by atoms with Crippen molar-refractivity contribution in [3.8, 4) is 5.75 Å². The topological polar surface area (TPSA) is 29.5 Å². The summed E-state index contributed by atoms with van der Waals surface area (Å²) in [5.74, 6) is 0.598. The van der Waals surface area contributed by atoms with Gasteiger partial charge in [0.25, 0.3) is 5.91 Å². The summed E-state index contributed by atoms with van der Waals surface area (Å²) in [7, 11) is 0. The third-order valence-electron chi connectivity index (χ3n) is 3.87. The Bertz CT molecular complexity index is 716. The molecule has 0 radical (unpaired) electrons. The van der Waals surface area contributed by atoms with E-state index in [4.69, 9.17) is 27.9 Å². The number of rotatable bonds is 6. The van der Waals surface area contributed by atoms with Crippen molar-refractivity contribution in [1.29, 1.82) is 0 Å². The van der Waals surface area contributed by atoms with Crippen molar-refractivity contribution < 1.29 is 9.53 Å². The molecule has 2 aromatic rings. The Morgan fingerprint density at radius 3 is 2.12 bits per heavy atom. The Morgan fingerprint density at radius 2 is 1.56 bits per heavy atom. The van der Waals surface area contributed by atoms with Gasteiger partial charge in [-0.2, -0.15) is 0 Å². The predicted molar refractivity (Wildman–Crippen MR) is 104 cm³/mol. The summed E-state index contributed by atoms with van der Waals surface area (Å²) in [4.78, 5) is 14.6. The van der Waals surface area contributed by atoms with Gasteiger partial charge in [-0.3, -0.25) is 4.79 Å². The highest BCUT2D eigenvalue weighted by atomic mass is 35.5. The SMILES string of the molecule is CC(C)N(C(=O)c1cccc(OCc2c(Cl)cccc2Cl)c1)C(C)C. The third-order valence-corrected chi connectivity index (χ3v) is 4.58. The maximum Gasteiger partial charge on any atom is 0.254 e. The van der Waals surface area contributed by atoms with E-state index in [0.29, 0.717) is 21.4 Å². The molecule has 0 aromatic heterocycles. The number of amides is 1. The van der Waals surface area contributed by atoms with Crippen molar-refractivity contribution in [3.05, 3.63) is 63.6 Å². The van der Waals surface area contributed by atoms with Crippen LogP contribution in [0.4, 0.5) is 0 Å². The van der Waals surface area contributed by atoms with Crippen LogP contribution in [0.25, 0.3) is 0 Å². The molecule has 3 nitrogen and oxygen atoms in total. The average Bonchev–Trinajstić information content (AvgIpc) is 2.54. The Morgan fingerprint density at radius 1 is 1.00 bits per heavy atom. The van der Waals surface area contributed by atoms with Crippen molar-refractivity contribution >= 4 is 29.1 Å². The number of hydrogen-bond acceptors (Lipinski definition) is 2. The maximum atomic E-state index is 12.8.